The molecule has 2 aromatic carbocycles. The van der Waals surface area contributed by atoms with Gasteiger partial charge in [0.25, 0.3) is 0 Å². The lowest BCUT2D eigenvalue weighted by molar-refractivity contribution is -0.151. The van der Waals surface area contributed by atoms with Gasteiger partial charge in [-0.25, -0.2) is 9.59 Å². The minimum absolute atomic E-state index is 0.189. The van der Waals surface area contributed by atoms with Crippen LogP contribution in [0.15, 0.2) is 82.1 Å². The number of fused-ring (bicyclic) bond motifs is 3. The summed E-state index contributed by atoms with van der Waals surface area (Å²) in [4.78, 5) is 30.3. The number of carbonyl (C=O) groups is 1. The van der Waals surface area contributed by atoms with Crippen LogP contribution >= 0.6 is 0 Å². The normalized spacial score (nSPS) is 16.8. The highest BCUT2D eigenvalue weighted by atomic mass is 16.6. The van der Waals surface area contributed by atoms with Crippen molar-refractivity contribution in [3.05, 3.63) is 100 Å². The highest BCUT2D eigenvalue weighted by molar-refractivity contribution is 5.88. The number of esters is 1. The summed E-state index contributed by atoms with van der Waals surface area (Å²) in [6, 6.07) is 19.9. The number of rotatable bonds is 6. The summed E-state index contributed by atoms with van der Waals surface area (Å²) >= 11 is 0. The zero-order valence-corrected chi connectivity index (χ0v) is 17.9. The van der Waals surface area contributed by atoms with Crippen molar-refractivity contribution < 1.29 is 23.4 Å². The van der Waals surface area contributed by atoms with E-state index in [0.717, 1.165) is 5.69 Å². The predicted octanol–water partition coefficient (Wildman–Crippen LogP) is 4.22. The van der Waals surface area contributed by atoms with Crippen molar-refractivity contribution in [3.8, 4) is 11.5 Å². The number of hydrogen-bond acceptors (Lipinski definition) is 7. The number of pyridine rings is 1. The third-order valence-corrected chi connectivity index (χ3v) is 5.53. The summed E-state index contributed by atoms with van der Waals surface area (Å²) in [5.41, 5.74) is 1.50. The Hall–Kier alpha value is -4.13. The van der Waals surface area contributed by atoms with Crippen LogP contribution in [0.4, 0.5) is 0 Å². The SMILES string of the molecule is CCOC(=O)[C@@H]1Oc2c(c(=O)oc3ccccc23)[C@H]1c1ccccc1OCc1ccccn1. The van der Waals surface area contributed by atoms with Gasteiger partial charge in [-0.3, -0.25) is 4.98 Å². The monoisotopic (exact) mass is 443 g/mol. The molecule has 0 spiro atoms. The average Bonchev–Trinajstić information content (AvgIpc) is 3.25. The maximum atomic E-state index is 13.1. The molecule has 0 radical (unpaired) electrons. The molecule has 0 fully saturated rings. The quantitative estimate of drug-likeness (QED) is 0.326. The number of benzene rings is 2. The molecule has 0 aliphatic carbocycles. The topological polar surface area (TPSA) is 87.9 Å². The molecule has 0 amide bonds. The standard InChI is InChI=1S/C26H21NO6/c1-2-30-26(29)24-21(22-23(33-24)18-11-4-6-13-20(18)32-25(22)28)17-10-3-5-12-19(17)31-15-16-9-7-8-14-27-16/h3-14,21,24H,2,15H2,1H3/t21-,24-/m1/s1. The molecule has 3 heterocycles. The van der Waals surface area contributed by atoms with Gasteiger partial charge in [0, 0.05) is 11.8 Å². The van der Waals surface area contributed by atoms with E-state index < -0.39 is 23.6 Å². The second-order valence-electron chi connectivity index (χ2n) is 7.54. The maximum Gasteiger partial charge on any atom is 0.348 e. The van der Waals surface area contributed by atoms with Gasteiger partial charge < -0.3 is 18.6 Å². The minimum atomic E-state index is -1.05. The third kappa shape index (κ3) is 3.82. The molecule has 0 N–H and O–H groups in total. The van der Waals surface area contributed by atoms with Gasteiger partial charge in [-0.15, -0.1) is 0 Å². The molecule has 5 rings (SSSR count). The Bertz CT molecular complexity index is 1360. The van der Waals surface area contributed by atoms with E-state index in [0.29, 0.717) is 28.0 Å². The lowest BCUT2D eigenvalue weighted by Gasteiger charge is -2.20. The van der Waals surface area contributed by atoms with Gasteiger partial charge in [-0.1, -0.05) is 36.4 Å². The smallest absolute Gasteiger partial charge is 0.348 e. The van der Waals surface area contributed by atoms with E-state index in [1.165, 1.54) is 0 Å². The first kappa shape index (κ1) is 20.8. The fourth-order valence-corrected chi connectivity index (χ4v) is 4.11. The Morgan fingerprint density at radius 3 is 2.64 bits per heavy atom. The number of hydrogen-bond donors (Lipinski definition) is 0. The zero-order chi connectivity index (χ0) is 22.8. The van der Waals surface area contributed by atoms with Crippen LogP contribution in [0, 0.1) is 0 Å². The summed E-state index contributed by atoms with van der Waals surface area (Å²) < 4.78 is 23.0. The molecule has 7 heteroatoms. The first-order chi connectivity index (χ1) is 16.2. The fraction of sp³-hybridized carbons (Fsp3) is 0.192. The molecule has 2 atom stereocenters. The molecule has 0 bridgehead atoms. The molecule has 1 aliphatic heterocycles. The second kappa shape index (κ2) is 8.78. The van der Waals surface area contributed by atoms with Crippen LogP contribution in [0.5, 0.6) is 11.5 Å². The van der Waals surface area contributed by atoms with Crippen LogP contribution < -0.4 is 15.1 Å². The lowest BCUT2D eigenvalue weighted by Crippen LogP contribution is -2.32. The van der Waals surface area contributed by atoms with Crippen LogP contribution in [0.3, 0.4) is 0 Å². The first-order valence-corrected chi connectivity index (χ1v) is 10.7. The van der Waals surface area contributed by atoms with Crippen LogP contribution in [0.1, 0.15) is 29.7 Å². The summed E-state index contributed by atoms with van der Waals surface area (Å²) in [6.07, 6.45) is 0.645. The van der Waals surface area contributed by atoms with E-state index in [1.807, 2.05) is 42.5 Å². The first-order valence-electron chi connectivity index (χ1n) is 10.7. The van der Waals surface area contributed by atoms with Crippen molar-refractivity contribution in [1.82, 2.24) is 4.98 Å². The summed E-state index contributed by atoms with van der Waals surface area (Å²) in [5, 5.41) is 0.621. The molecule has 7 nitrogen and oxygen atoms in total. The Kier molecular flexibility index (Phi) is 5.52. The van der Waals surface area contributed by atoms with E-state index in [1.54, 1.807) is 37.4 Å². The molecular weight excluding hydrogens is 422 g/mol. The highest BCUT2D eigenvalue weighted by Crippen LogP contribution is 2.46. The Balaban J connectivity index is 1.63. The van der Waals surface area contributed by atoms with Gasteiger partial charge in [-0.2, -0.15) is 0 Å². The molecule has 33 heavy (non-hydrogen) atoms. The van der Waals surface area contributed by atoms with Crippen LogP contribution in [0.2, 0.25) is 0 Å². The molecule has 1 aliphatic rings. The van der Waals surface area contributed by atoms with Gasteiger partial charge in [0.2, 0.25) is 6.10 Å². The van der Waals surface area contributed by atoms with Crippen molar-refractivity contribution in [2.24, 2.45) is 0 Å². The third-order valence-electron chi connectivity index (χ3n) is 5.53. The second-order valence-corrected chi connectivity index (χ2v) is 7.54. The van der Waals surface area contributed by atoms with Crippen molar-refractivity contribution in [2.45, 2.75) is 25.6 Å². The van der Waals surface area contributed by atoms with E-state index in [4.69, 9.17) is 18.6 Å². The molecule has 4 aromatic rings. The number of ether oxygens (including phenoxy) is 3. The number of aromatic nitrogens is 1. The number of carbonyl (C=O) groups excluding carboxylic acids is 1. The van der Waals surface area contributed by atoms with E-state index in [-0.39, 0.29) is 18.8 Å². The van der Waals surface area contributed by atoms with Crippen molar-refractivity contribution in [1.29, 1.82) is 0 Å². The Morgan fingerprint density at radius 1 is 1.03 bits per heavy atom. The molecule has 2 aromatic heterocycles. The molecular formula is C26H21NO6. The summed E-state index contributed by atoms with van der Waals surface area (Å²) in [6.45, 7) is 2.15. The van der Waals surface area contributed by atoms with E-state index in [9.17, 15) is 9.59 Å². The minimum Gasteiger partial charge on any atom is -0.487 e. The number of para-hydroxylation sites is 2. The summed E-state index contributed by atoms with van der Waals surface area (Å²) in [7, 11) is 0. The van der Waals surface area contributed by atoms with Crippen molar-refractivity contribution >= 4 is 16.9 Å². The maximum absolute atomic E-state index is 13.1. The van der Waals surface area contributed by atoms with Gasteiger partial charge in [-0.05, 0) is 37.3 Å². The summed E-state index contributed by atoms with van der Waals surface area (Å²) in [5.74, 6) is -0.447. The molecule has 166 valence electrons. The average molecular weight is 443 g/mol. The zero-order valence-electron chi connectivity index (χ0n) is 17.9. The van der Waals surface area contributed by atoms with Gasteiger partial charge >= 0.3 is 11.6 Å². The van der Waals surface area contributed by atoms with Crippen LogP contribution in [-0.2, 0) is 16.1 Å². The van der Waals surface area contributed by atoms with E-state index >= 15 is 0 Å². The van der Waals surface area contributed by atoms with Crippen LogP contribution in [-0.4, -0.2) is 23.7 Å². The highest BCUT2D eigenvalue weighted by Gasteiger charge is 2.46. The van der Waals surface area contributed by atoms with Crippen molar-refractivity contribution in [3.63, 3.8) is 0 Å². The molecule has 0 saturated heterocycles. The predicted molar refractivity (Wildman–Crippen MR) is 120 cm³/mol. The molecule has 0 unspecified atom stereocenters. The van der Waals surface area contributed by atoms with Gasteiger partial charge in [0.1, 0.15) is 23.7 Å². The fourth-order valence-electron chi connectivity index (χ4n) is 4.11. The lowest BCUT2D eigenvalue weighted by atomic mass is 9.88. The van der Waals surface area contributed by atoms with Crippen LogP contribution in [0.25, 0.3) is 11.0 Å². The Labute approximate surface area is 189 Å². The largest absolute Gasteiger partial charge is 0.487 e. The number of nitrogens with zero attached hydrogens (tertiary/aromatic N) is 1. The van der Waals surface area contributed by atoms with Crippen molar-refractivity contribution in [2.75, 3.05) is 6.61 Å². The molecule has 0 saturated carbocycles. The Morgan fingerprint density at radius 2 is 1.82 bits per heavy atom. The van der Waals surface area contributed by atoms with Gasteiger partial charge in [0.15, 0.2) is 0 Å². The van der Waals surface area contributed by atoms with E-state index in [2.05, 4.69) is 4.98 Å². The van der Waals surface area contributed by atoms with Gasteiger partial charge in [0.05, 0.1) is 29.2 Å².